The second-order valence-corrected chi connectivity index (χ2v) is 4.39. The summed E-state index contributed by atoms with van der Waals surface area (Å²) in [5, 5.41) is 12.6. The van der Waals surface area contributed by atoms with Gasteiger partial charge >= 0.3 is 5.97 Å². The maximum atomic E-state index is 10.6. The Balaban J connectivity index is 2.00. The van der Waals surface area contributed by atoms with E-state index in [-0.39, 0.29) is 6.42 Å². The maximum Gasteiger partial charge on any atom is 0.304 e. The molecule has 6 nitrogen and oxygen atoms in total. The van der Waals surface area contributed by atoms with Gasteiger partial charge in [0, 0.05) is 12.1 Å². The highest BCUT2D eigenvalue weighted by atomic mass is 16.5. The van der Waals surface area contributed by atoms with E-state index < -0.39 is 5.97 Å². The van der Waals surface area contributed by atoms with Gasteiger partial charge in [-0.05, 0) is 18.7 Å². The number of carboxylic acids is 1. The van der Waals surface area contributed by atoms with Crippen molar-refractivity contribution in [2.24, 2.45) is 0 Å². The van der Waals surface area contributed by atoms with E-state index in [1.807, 2.05) is 42.2 Å². The first-order valence-electron chi connectivity index (χ1n) is 6.51. The van der Waals surface area contributed by atoms with Gasteiger partial charge in [-0.3, -0.25) is 9.69 Å². The monoisotopic (exact) mass is 275 g/mol. The van der Waals surface area contributed by atoms with Crippen molar-refractivity contribution < 1.29 is 14.4 Å². The molecule has 0 radical (unpaired) electrons. The molecule has 0 unspecified atom stereocenters. The molecule has 0 saturated heterocycles. The molecule has 0 aliphatic carbocycles. The minimum Gasteiger partial charge on any atom is -0.481 e. The molecule has 106 valence electrons. The third kappa shape index (κ3) is 3.89. The molecule has 0 bridgehead atoms. The minimum absolute atomic E-state index is 0.108. The van der Waals surface area contributed by atoms with Gasteiger partial charge in [-0.1, -0.05) is 30.3 Å². The lowest BCUT2D eigenvalue weighted by Gasteiger charge is -2.16. The number of aliphatic carboxylic acids is 1. The van der Waals surface area contributed by atoms with E-state index in [2.05, 4.69) is 10.1 Å². The predicted octanol–water partition coefficient (Wildman–Crippen LogP) is 2.03. The molecule has 20 heavy (non-hydrogen) atoms. The van der Waals surface area contributed by atoms with Crippen LogP contribution >= 0.6 is 0 Å². The summed E-state index contributed by atoms with van der Waals surface area (Å²) in [5.41, 5.74) is 0.875. The largest absolute Gasteiger partial charge is 0.481 e. The number of hydrogen-bond acceptors (Lipinski definition) is 5. The molecule has 2 aromatic rings. The molecule has 0 spiro atoms. The standard InChI is InChI=1S/C14H17N3O3/c1-2-17(9-8-13(18)19)10-12-15-14(20-16-12)11-6-4-3-5-7-11/h3-7H,2,8-10H2,1H3,(H,18,19). The van der Waals surface area contributed by atoms with Crippen LogP contribution in [0.1, 0.15) is 19.2 Å². The highest BCUT2D eigenvalue weighted by Gasteiger charge is 2.12. The Hall–Kier alpha value is -2.21. The Labute approximate surface area is 117 Å². The van der Waals surface area contributed by atoms with Gasteiger partial charge < -0.3 is 9.63 Å². The van der Waals surface area contributed by atoms with Crippen LogP contribution in [0.4, 0.5) is 0 Å². The third-order valence-electron chi connectivity index (χ3n) is 2.94. The maximum absolute atomic E-state index is 10.6. The zero-order valence-corrected chi connectivity index (χ0v) is 11.3. The molecule has 2 rings (SSSR count). The number of benzene rings is 1. The Bertz CT molecular complexity index is 554. The summed E-state index contributed by atoms with van der Waals surface area (Å²) < 4.78 is 5.22. The number of aromatic nitrogens is 2. The molecule has 0 aliphatic rings. The van der Waals surface area contributed by atoms with Gasteiger partial charge in [0.05, 0.1) is 13.0 Å². The van der Waals surface area contributed by atoms with Crippen molar-refractivity contribution in [3.05, 3.63) is 36.2 Å². The van der Waals surface area contributed by atoms with E-state index in [4.69, 9.17) is 9.63 Å². The topological polar surface area (TPSA) is 79.5 Å². The van der Waals surface area contributed by atoms with E-state index in [9.17, 15) is 4.79 Å². The van der Waals surface area contributed by atoms with Crippen molar-refractivity contribution >= 4 is 5.97 Å². The van der Waals surface area contributed by atoms with E-state index in [0.29, 0.717) is 24.8 Å². The summed E-state index contributed by atoms with van der Waals surface area (Å²) in [4.78, 5) is 16.9. The average molecular weight is 275 g/mol. The van der Waals surface area contributed by atoms with Crippen LogP contribution in [0.25, 0.3) is 11.5 Å². The second kappa shape index (κ2) is 6.81. The van der Waals surface area contributed by atoms with Crippen LogP contribution in [0.15, 0.2) is 34.9 Å². The van der Waals surface area contributed by atoms with Crippen LogP contribution in [-0.2, 0) is 11.3 Å². The van der Waals surface area contributed by atoms with E-state index >= 15 is 0 Å². The second-order valence-electron chi connectivity index (χ2n) is 4.39. The van der Waals surface area contributed by atoms with Crippen molar-refractivity contribution in [3.63, 3.8) is 0 Å². The van der Waals surface area contributed by atoms with Crippen LogP contribution in [0, 0.1) is 0 Å². The van der Waals surface area contributed by atoms with Crippen molar-refractivity contribution in [2.75, 3.05) is 13.1 Å². The van der Waals surface area contributed by atoms with Crippen molar-refractivity contribution in [3.8, 4) is 11.5 Å². The van der Waals surface area contributed by atoms with Crippen molar-refractivity contribution in [1.29, 1.82) is 0 Å². The van der Waals surface area contributed by atoms with Gasteiger partial charge in [0.25, 0.3) is 5.89 Å². The molecule has 0 saturated carbocycles. The first kappa shape index (κ1) is 14.2. The van der Waals surface area contributed by atoms with Crippen molar-refractivity contribution in [2.45, 2.75) is 19.9 Å². The highest BCUT2D eigenvalue weighted by Crippen LogP contribution is 2.16. The molecule has 0 atom stereocenters. The van der Waals surface area contributed by atoms with Gasteiger partial charge in [0.2, 0.25) is 0 Å². The molecule has 0 aliphatic heterocycles. The van der Waals surface area contributed by atoms with Gasteiger partial charge in [0.1, 0.15) is 0 Å². The van der Waals surface area contributed by atoms with Crippen LogP contribution in [0.3, 0.4) is 0 Å². The smallest absolute Gasteiger partial charge is 0.304 e. The summed E-state index contributed by atoms with van der Waals surface area (Å²) in [7, 11) is 0. The van der Waals surface area contributed by atoms with E-state index in [0.717, 1.165) is 12.1 Å². The molecule has 1 aromatic heterocycles. The number of rotatable bonds is 7. The fourth-order valence-corrected chi connectivity index (χ4v) is 1.82. The molecule has 0 fully saturated rings. The van der Waals surface area contributed by atoms with Gasteiger partial charge in [0.15, 0.2) is 5.82 Å². The minimum atomic E-state index is -0.804. The summed E-state index contributed by atoms with van der Waals surface area (Å²) in [5.74, 6) is 0.243. The lowest BCUT2D eigenvalue weighted by molar-refractivity contribution is -0.137. The average Bonchev–Trinajstić information content (AvgIpc) is 2.92. The normalized spacial score (nSPS) is 10.9. The summed E-state index contributed by atoms with van der Waals surface area (Å²) in [6.07, 6.45) is 0.108. The molecular formula is C14H17N3O3. The summed E-state index contributed by atoms with van der Waals surface area (Å²) in [6, 6.07) is 9.54. The van der Waals surface area contributed by atoms with Crippen LogP contribution in [0.2, 0.25) is 0 Å². The van der Waals surface area contributed by atoms with Crippen molar-refractivity contribution in [1.82, 2.24) is 15.0 Å². The lowest BCUT2D eigenvalue weighted by atomic mass is 10.2. The molecular weight excluding hydrogens is 258 g/mol. The van der Waals surface area contributed by atoms with E-state index in [1.165, 1.54) is 0 Å². The molecule has 1 aromatic carbocycles. The number of hydrogen-bond donors (Lipinski definition) is 1. The van der Waals surface area contributed by atoms with E-state index in [1.54, 1.807) is 0 Å². The number of carboxylic acid groups (broad SMARTS) is 1. The Morgan fingerprint density at radius 2 is 2.10 bits per heavy atom. The van der Waals surface area contributed by atoms with Crippen LogP contribution in [-0.4, -0.2) is 39.2 Å². The lowest BCUT2D eigenvalue weighted by Crippen LogP contribution is -2.26. The van der Waals surface area contributed by atoms with Crippen LogP contribution < -0.4 is 0 Å². The number of nitrogens with zero attached hydrogens (tertiary/aromatic N) is 3. The Kier molecular flexibility index (Phi) is 4.84. The fourth-order valence-electron chi connectivity index (χ4n) is 1.82. The summed E-state index contributed by atoms with van der Waals surface area (Å²) >= 11 is 0. The molecule has 1 N–H and O–H groups in total. The highest BCUT2D eigenvalue weighted by molar-refractivity contribution is 5.66. The fraction of sp³-hybridized carbons (Fsp3) is 0.357. The molecule has 1 heterocycles. The Morgan fingerprint density at radius 1 is 1.35 bits per heavy atom. The number of carbonyl (C=O) groups is 1. The molecule has 6 heteroatoms. The first-order chi connectivity index (χ1) is 9.69. The quantitative estimate of drug-likeness (QED) is 0.833. The third-order valence-corrected chi connectivity index (χ3v) is 2.94. The zero-order valence-electron chi connectivity index (χ0n) is 11.3. The van der Waals surface area contributed by atoms with Gasteiger partial charge in [-0.2, -0.15) is 4.98 Å². The summed E-state index contributed by atoms with van der Waals surface area (Å²) in [6.45, 7) is 3.67. The predicted molar refractivity (Wildman–Crippen MR) is 72.9 cm³/mol. The van der Waals surface area contributed by atoms with Crippen LogP contribution in [0.5, 0.6) is 0 Å². The zero-order chi connectivity index (χ0) is 14.4. The SMILES string of the molecule is CCN(CCC(=O)O)Cc1noc(-c2ccccc2)n1. The first-order valence-corrected chi connectivity index (χ1v) is 6.51. The van der Waals surface area contributed by atoms with Gasteiger partial charge in [-0.15, -0.1) is 0 Å². The van der Waals surface area contributed by atoms with Gasteiger partial charge in [-0.25, -0.2) is 0 Å². The molecule has 0 amide bonds. The Morgan fingerprint density at radius 3 is 2.75 bits per heavy atom.